The lowest BCUT2D eigenvalue weighted by Crippen LogP contribution is -2.27. The lowest BCUT2D eigenvalue weighted by atomic mass is 10.1. The van der Waals surface area contributed by atoms with E-state index in [1.165, 1.54) is 24.3 Å². The summed E-state index contributed by atoms with van der Waals surface area (Å²) in [5, 5.41) is 3.30. The summed E-state index contributed by atoms with van der Waals surface area (Å²) in [6.07, 6.45) is 0. The zero-order valence-electron chi connectivity index (χ0n) is 17.2. The average molecular weight is 473 g/mol. The number of benzene rings is 3. The van der Waals surface area contributed by atoms with E-state index in [1.54, 1.807) is 30.3 Å². The van der Waals surface area contributed by atoms with Crippen LogP contribution in [0.15, 0.2) is 71.6 Å². The van der Waals surface area contributed by atoms with Crippen molar-refractivity contribution in [3.63, 3.8) is 0 Å². The Morgan fingerprint density at radius 3 is 2.50 bits per heavy atom. The van der Waals surface area contributed by atoms with E-state index in [2.05, 4.69) is 10.0 Å². The summed E-state index contributed by atoms with van der Waals surface area (Å²) in [7, 11) is -3.90. The zero-order chi connectivity index (χ0) is 22.7. The van der Waals surface area contributed by atoms with Crippen molar-refractivity contribution in [3.8, 4) is 11.5 Å². The first-order chi connectivity index (χ1) is 15.3. The molecular weight excluding hydrogens is 452 g/mol. The Balaban J connectivity index is 1.49. The summed E-state index contributed by atoms with van der Waals surface area (Å²) in [6, 6.07) is 17.4. The molecule has 0 fully saturated rings. The summed E-state index contributed by atoms with van der Waals surface area (Å²) in [6.45, 7) is 2.82. The molecule has 4 rings (SSSR count). The number of ether oxygens (including phenoxy) is 2. The number of carbonyl (C=O) groups excluding carboxylic acids is 1. The minimum absolute atomic E-state index is 0.0305. The topological polar surface area (TPSA) is 93.7 Å². The van der Waals surface area contributed by atoms with Crippen LogP contribution in [0.5, 0.6) is 11.5 Å². The monoisotopic (exact) mass is 472 g/mol. The minimum Gasteiger partial charge on any atom is -0.486 e. The Morgan fingerprint density at radius 1 is 0.969 bits per heavy atom. The molecule has 0 aromatic heterocycles. The maximum absolute atomic E-state index is 12.8. The Labute approximate surface area is 191 Å². The molecule has 0 unspecified atom stereocenters. The molecule has 0 saturated carbocycles. The Morgan fingerprint density at radius 2 is 1.72 bits per heavy atom. The van der Waals surface area contributed by atoms with Crippen LogP contribution in [0.4, 0.5) is 5.69 Å². The highest BCUT2D eigenvalue weighted by atomic mass is 35.5. The van der Waals surface area contributed by atoms with Crippen molar-refractivity contribution in [1.29, 1.82) is 0 Å². The van der Waals surface area contributed by atoms with E-state index in [-0.39, 0.29) is 16.5 Å². The van der Waals surface area contributed by atoms with Crippen LogP contribution in [0, 0.1) is 0 Å². The molecule has 1 aliphatic rings. The molecule has 1 amide bonds. The fourth-order valence-electron chi connectivity index (χ4n) is 3.26. The van der Waals surface area contributed by atoms with Crippen LogP contribution in [-0.2, 0) is 10.0 Å². The molecule has 0 radical (unpaired) electrons. The lowest BCUT2D eigenvalue weighted by molar-refractivity contribution is 0.0939. The van der Waals surface area contributed by atoms with Gasteiger partial charge in [-0.05, 0) is 61.0 Å². The molecule has 1 heterocycles. The molecule has 32 heavy (non-hydrogen) atoms. The number of fused-ring (bicyclic) bond motifs is 1. The molecular formula is C23H21ClN2O5S. The van der Waals surface area contributed by atoms with Gasteiger partial charge >= 0.3 is 0 Å². The van der Waals surface area contributed by atoms with Gasteiger partial charge in [0.1, 0.15) is 13.2 Å². The Kier molecular flexibility index (Phi) is 6.25. The fourth-order valence-corrected chi connectivity index (χ4v) is 4.55. The van der Waals surface area contributed by atoms with E-state index in [4.69, 9.17) is 21.1 Å². The van der Waals surface area contributed by atoms with Crippen LogP contribution >= 0.6 is 11.6 Å². The van der Waals surface area contributed by atoms with Crippen molar-refractivity contribution in [2.75, 3.05) is 17.9 Å². The summed E-state index contributed by atoms with van der Waals surface area (Å²) in [5.74, 6) is 0.908. The van der Waals surface area contributed by atoms with Crippen LogP contribution < -0.4 is 19.5 Å². The predicted octanol–water partition coefficient (Wildman–Crippen LogP) is 4.40. The standard InChI is InChI=1S/C23H21ClN2O5S/c1-15(16-8-9-21-22(13-16)31-11-10-30-21)25-23(27)17-4-2-7-20(12-17)32(28,29)26-19-6-3-5-18(24)14-19/h2-9,12-15,26H,10-11H2,1H3,(H,25,27)/t15-/m1/s1. The van der Waals surface area contributed by atoms with E-state index >= 15 is 0 Å². The normalized spacial score (nSPS) is 13.8. The lowest BCUT2D eigenvalue weighted by Gasteiger charge is -2.21. The third-order valence-corrected chi connectivity index (χ3v) is 6.51. The molecule has 9 heteroatoms. The quantitative estimate of drug-likeness (QED) is 0.554. The molecule has 1 aliphatic heterocycles. The van der Waals surface area contributed by atoms with E-state index in [9.17, 15) is 13.2 Å². The molecule has 1 atom stereocenters. The summed E-state index contributed by atoms with van der Waals surface area (Å²) in [5.41, 5.74) is 1.40. The highest BCUT2D eigenvalue weighted by Gasteiger charge is 2.19. The number of amides is 1. The van der Waals surface area contributed by atoms with Crippen molar-refractivity contribution in [2.45, 2.75) is 17.9 Å². The van der Waals surface area contributed by atoms with Gasteiger partial charge < -0.3 is 14.8 Å². The molecule has 2 N–H and O–H groups in total. The van der Waals surface area contributed by atoms with Gasteiger partial charge in [-0.3, -0.25) is 9.52 Å². The molecule has 166 valence electrons. The van der Waals surface area contributed by atoms with Gasteiger partial charge in [-0.1, -0.05) is 29.8 Å². The summed E-state index contributed by atoms with van der Waals surface area (Å²) < 4.78 is 39.1. The molecule has 0 spiro atoms. The smallest absolute Gasteiger partial charge is 0.261 e. The molecule has 0 aliphatic carbocycles. The first kappa shape index (κ1) is 22.0. The van der Waals surface area contributed by atoms with E-state index in [1.807, 2.05) is 19.1 Å². The van der Waals surface area contributed by atoms with E-state index in [0.717, 1.165) is 5.56 Å². The van der Waals surface area contributed by atoms with E-state index < -0.39 is 15.9 Å². The second-order valence-electron chi connectivity index (χ2n) is 7.24. The SMILES string of the molecule is C[C@@H](NC(=O)c1cccc(S(=O)(=O)Nc2cccc(Cl)c2)c1)c1ccc2c(c1)OCCO2. The largest absolute Gasteiger partial charge is 0.486 e. The fraction of sp³-hybridized carbons (Fsp3) is 0.174. The van der Waals surface area contributed by atoms with Crippen LogP contribution in [0.2, 0.25) is 5.02 Å². The second-order valence-corrected chi connectivity index (χ2v) is 9.36. The number of hydrogen-bond acceptors (Lipinski definition) is 5. The Bertz CT molecular complexity index is 1260. The first-order valence-corrected chi connectivity index (χ1v) is 11.8. The molecule has 3 aromatic rings. The van der Waals surface area contributed by atoms with Crippen molar-refractivity contribution in [3.05, 3.63) is 82.9 Å². The summed E-state index contributed by atoms with van der Waals surface area (Å²) >= 11 is 5.92. The van der Waals surface area contributed by atoms with Gasteiger partial charge in [-0.15, -0.1) is 0 Å². The Hall–Kier alpha value is -3.23. The third-order valence-electron chi connectivity index (χ3n) is 4.90. The van der Waals surface area contributed by atoms with Crippen LogP contribution in [0.25, 0.3) is 0 Å². The van der Waals surface area contributed by atoms with Gasteiger partial charge in [-0.25, -0.2) is 8.42 Å². The number of halogens is 1. The van der Waals surface area contributed by atoms with Gasteiger partial charge in [0, 0.05) is 10.6 Å². The van der Waals surface area contributed by atoms with Gasteiger partial charge in [0.2, 0.25) is 0 Å². The van der Waals surface area contributed by atoms with Crippen LogP contribution in [0.3, 0.4) is 0 Å². The van der Waals surface area contributed by atoms with E-state index in [0.29, 0.717) is 35.4 Å². The van der Waals surface area contributed by atoms with Crippen LogP contribution in [-0.4, -0.2) is 27.5 Å². The van der Waals surface area contributed by atoms with Gasteiger partial charge in [0.15, 0.2) is 11.5 Å². The van der Waals surface area contributed by atoms with Crippen molar-refractivity contribution in [1.82, 2.24) is 5.32 Å². The third kappa shape index (κ3) is 4.98. The molecule has 7 nitrogen and oxygen atoms in total. The highest BCUT2D eigenvalue weighted by Crippen LogP contribution is 2.32. The van der Waals surface area contributed by atoms with Crippen molar-refractivity contribution >= 4 is 33.2 Å². The number of hydrogen-bond donors (Lipinski definition) is 2. The molecule has 3 aromatic carbocycles. The van der Waals surface area contributed by atoms with Crippen molar-refractivity contribution in [2.24, 2.45) is 0 Å². The number of carbonyl (C=O) groups is 1. The number of anilines is 1. The predicted molar refractivity (Wildman–Crippen MR) is 122 cm³/mol. The van der Waals surface area contributed by atoms with Crippen molar-refractivity contribution < 1.29 is 22.7 Å². The first-order valence-electron chi connectivity index (χ1n) is 9.91. The van der Waals surface area contributed by atoms with Gasteiger partial charge in [0.25, 0.3) is 15.9 Å². The van der Waals surface area contributed by atoms with Gasteiger partial charge in [0.05, 0.1) is 16.6 Å². The average Bonchev–Trinajstić information content (AvgIpc) is 2.78. The minimum atomic E-state index is -3.90. The number of sulfonamides is 1. The second kappa shape index (κ2) is 9.10. The zero-order valence-corrected chi connectivity index (χ0v) is 18.7. The maximum Gasteiger partial charge on any atom is 0.261 e. The number of nitrogens with one attached hydrogen (secondary N) is 2. The van der Waals surface area contributed by atoms with Crippen LogP contribution in [0.1, 0.15) is 28.9 Å². The maximum atomic E-state index is 12.8. The molecule has 0 saturated heterocycles. The molecule has 0 bridgehead atoms. The summed E-state index contributed by atoms with van der Waals surface area (Å²) in [4.78, 5) is 12.8. The number of rotatable bonds is 6. The van der Waals surface area contributed by atoms with Gasteiger partial charge in [-0.2, -0.15) is 0 Å². The highest BCUT2D eigenvalue weighted by molar-refractivity contribution is 7.92.